The van der Waals surface area contributed by atoms with Crippen LogP contribution in [0.5, 0.6) is 5.75 Å². The predicted octanol–water partition coefficient (Wildman–Crippen LogP) is 5.26. The predicted molar refractivity (Wildman–Crippen MR) is 116 cm³/mol. The largest absolute Gasteiger partial charge is 0.458 e. The van der Waals surface area contributed by atoms with E-state index in [9.17, 15) is 9.59 Å². The van der Waals surface area contributed by atoms with Crippen molar-refractivity contribution in [1.29, 1.82) is 0 Å². The molecule has 1 saturated carbocycles. The smallest absolute Gasteiger partial charge is 0.390 e. The molecule has 0 amide bonds. The molecule has 3 atom stereocenters. The molecule has 1 aliphatic carbocycles. The van der Waals surface area contributed by atoms with Crippen LogP contribution in [0.25, 0.3) is 0 Å². The van der Waals surface area contributed by atoms with E-state index in [1.165, 1.54) is 6.42 Å². The highest BCUT2D eigenvalue weighted by Crippen LogP contribution is 2.35. The minimum absolute atomic E-state index is 0.0491. The van der Waals surface area contributed by atoms with E-state index in [1.54, 1.807) is 24.3 Å². The maximum atomic E-state index is 12.6. The van der Waals surface area contributed by atoms with Crippen molar-refractivity contribution in [3.8, 4) is 17.6 Å². The van der Waals surface area contributed by atoms with Gasteiger partial charge in [0.1, 0.15) is 11.9 Å². The van der Waals surface area contributed by atoms with Gasteiger partial charge in [-0.25, -0.2) is 9.59 Å². The Kier molecular flexibility index (Phi) is 7.30. The lowest BCUT2D eigenvalue weighted by molar-refractivity contribution is -0.128. The van der Waals surface area contributed by atoms with Crippen molar-refractivity contribution in [2.45, 2.75) is 46.1 Å². The van der Waals surface area contributed by atoms with E-state index in [1.807, 2.05) is 30.3 Å². The first-order valence-corrected chi connectivity index (χ1v) is 10.5. The molecule has 156 valence electrons. The summed E-state index contributed by atoms with van der Waals surface area (Å²) in [6.45, 7) is 6.58. The number of rotatable bonds is 4. The summed E-state index contributed by atoms with van der Waals surface area (Å²) < 4.78 is 11.1. The molecular formula is C26H28O4. The second-order valence-corrected chi connectivity index (χ2v) is 8.30. The summed E-state index contributed by atoms with van der Waals surface area (Å²) in [5.74, 6) is 6.02. The molecule has 0 unspecified atom stereocenters. The Morgan fingerprint density at radius 1 is 1.00 bits per heavy atom. The molecule has 0 spiro atoms. The van der Waals surface area contributed by atoms with E-state index in [4.69, 9.17) is 9.47 Å². The lowest BCUT2D eigenvalue weighted by atomic mass is 9.75. The van der Waals surface area contributed by atoms with Crippen LogP contribution in [0.1, 0.15) is 56.0 Å². The Hall–Kier alpha value is -3.06. The van der Waals surface area contributed by atoms with Crippen molar-refractivity contribution in [3.05, 3.63) is 65.7 Å². The molecule has 1 aliphatic rings. The van der Waals surface area contributed by atoms with E-state index < -0.39 is 5.97 Å². The summed E-state index contributed by atoms with van der Waals surface area (Å²) in [6, 6.07) is 15.6. The van der Waals surface area contributed by atoms with Crippen LogP contribution in [-0.4, -0.2) is 18.0 Å². The third kappa shape index (κ3) is 5.97. The quantitative estimate of drug-likeness (QED) is 0.396. The van der Waals surface area contributed by atoms with Gasteiger partial charge in [0.2, 0.25) is 0 Å². The van der Waals surface area contributed by atoms with Gasteiger partial charge in [-0.15, -0.1) is 0 Å². The van der Waals surface area contributed by atoms with Gasteiger partial charge in [0, 0.05) is 11.5 Å². The number of ether oxygens (including phenoxy) is 2. The van der Waals surface area contributed by atoms with Crippen LogP contribution in [0.15, 0.2) is 54.6 Å². The number of hydrogen-bond acceptors (Lipinski definition) is 4. The lowest BCUT2D eigenvalue weighted by Crippen LogP contribution is -2.35. The van der Waals surface area contributed by atoms with Crippen molar-refractivity contribution in [1.82, 2.24) is 0 Å². The van der Waals surface area contributed by atoms with E-state index in [0.717, 1.165) is 18.4 Å². The second-order valence-electron chi connectivity index (χ2n) is 8.30. The molecule has 3 rings (SSSR count). The molecule has 0 heterocycles. The molecular weight excluding hydrogens is 376 g/mol. The van der Waals surface area contributed by atoms with Crippen LogP contribution in [0, 0.1) is 29.6 Å². The Balaban J connectivity index is 1.59. The topological polar surface area (TPSA) is 52.6 Å². The molecule has 4 nitrogen and oxygen atoms in total. The molecule has 2 aromatic carbocycles. The maximum Gasteiger partial charge on any atom is 0.390 e. The SMILES string of the molecule is CC(C)[C@@H]1CC[C@@H](C)C[C@H]1OC(=O)c1ccc(OC(=O)C#Cc2ccccc2)cc1. The van der Waals surface area contributed by atoms with Crippen molar-refractivity contribution in [2.75, 3.05) is 0 Å². The van der Waals surface area contributed by atoms with Crippen LogP contribution < -0.4 is 4.74 Å². The zero-order valence-corrected chi connectivity index (χ0v) is 17.8. The van der Waals surface area contributed by atoms with Crippen molar-refractivity contribution >= 4 is 11.9 Å². The summed E-state index contributed by atoms with van der Waals surface area (Å²) in [6.07, 6.45) is 3.14. The second kappa shape index (κ2) is 10.1. The summed E-state index contributed by atoms with van der Waals surface area (Å²) >= 11 is 0. The average molecular weight is 405 g/mol. The zero-order valence-electron chi connectivity index (χ0n) is 17.8. The summed E-state index contributed by atoms with van der Waals surface area (Å²) in [4.78, 5) is 24.5. The van der Waals surface area contributed by atoms with Gasteiger partial charge in [-0.05, 0) is 67.0 Å². The van der Waals surface area contributed by atoms with Gasteiger partial charge in [0.15, 0.2) is 0 Å². The maximum absolute atomic E-state index is 12.6. The van der Waals surface area contributed by atoms with E-state index in [-0.39, 0.29) is 12.1 Å². The van der Waals surface area contributed by atoms with Crippen molar-refractivity contribution in [2.24, 2.45) is 17.8 Å². The first-order valence-electron chi connectivity index (χ1n) is 10.5. The molecule has 0 N–H and O–H groups in total. The summed E-state index contributed by atoms with van der Waals surface area (Å²) in [7, 11) is 0. The molecule has 1 fully saturated rings. The number of carbonyl (C=O) groups excluding carboxylic acids is 2. The van der Waals surface area contributed by atoms with Crippen LogP contribution in [0.2, 0.25) is 0 Å². The van der Waals surface area contributed by atoms with E-state index >= 15 is 0 Å². The highest BCUT2D eigenvalue weighted by molar-refractivity contribution is 5.92. The fraction of sp³-hybridized carbons (Fsp3) is 0.385. The fourth-order valence-electron chi connectivity index (χ4n) is 3.89. The summed E-state index contributed by atoms with van der Waals surface area (Å²) in [5.41, 5.74) is 1.19. The molecule has 30 heavy (non-hydrogen) atoms. The third-order valence-electron chi connectivity index (χ3n) is 5.60. The monoisotopic (exact) mass is 404 g/mol. The molecule has 2 aromatic rings. The van der Waals surface area contributed by atoms with Gasteiger partial charge >= 0.3 is 11.9 Å². The Morgan fingerprint density at radius 2 is 1.70 bits per heavy atom. The minimum Gasteiger partial charge on any atom is -0.458 e. The lowest BCUT2D eigenvalue weighted by Gasteiger charge is -2.36. The van der Waals surface area contributed by atoms with Gasteiger partial charge in [-0.1, -0.05) is 51.3 Å². The van der Waals surface area contributed by atoms with Crippen LogP contribution in [-0.2, 0) is 9.53 Å². The number of carbonyl (C=O) groups is 2. The molecule has 0 aliphatic heterocycles. The molecule has 0 bridgehead atoms. The highest BCUT2D eigenvalue weighted by Gasteiger charge is 2.33. The van der Waals surface area contributed by atoms with Crippen molar-refractivity contribution in [3.63, 3.8) is 0 Å². The number of benzene rings is 2. The highest BCUT2D eigenvalue weighted by atomic mass is 16.5. The van der Waals surface area contributed by atoms with Gasteiger partial charge in [-0.2, -0.15) is 0 Å². The third-order valence-corrected chi connectivity index (χ3v) is 5.60. The van der Waals surface area contributed by atoms with Crippen LogP contribution in [0.4, 0.5) is 0 Å². The van der Waals surface area contributed by atoms with Gasteiger partial charge < -0.3 is 9.47 Å². The average Bonchev–Trinajstić information content (AvgIpc) is 2.73. The zero-order chi connectivity index (χ0) is 21.5. The Labute approximate surface area is 178 Å². The standard InChI is InChI=1S/C26H28O4/c1-18(2)23-15-9-19(3)17-24(23)30-26(28)21-11-13-22(14-12-21)29-25(27)16-10-20-7-5-4-6-8-20/h4-8,11-14,18-19,23-24H,9,15,17H2,1-3H3/t19-,23+,24-/m1/s1. The minimum atomic E-state index is -0.648. The van der Waals surface area contributed by atoms with E-state index in [2.05, 4.69) is 32.6 Å². The molecule has 0 saturated heterocycles. The fourth-order valence-corrected chi connectivity index (χ4v) is 3.89. The molecule has 0 aromatic heterocycles. The number of hydrogen-bond donors (Lipinski definition) is 0. The first kappa shape index (κ1) is 21.6. The summed E-state index contributed by atoms with van der Waals surface area (Å²) in [5, 5.41) is 0. The van der Waals surface area contributed by atoms with Crippen LogP contribution in [0.3, 0.4) is 0 Å². The first-order chi connectivity index (χ1) is 14.4. The normalized spacial score (nSPS) is 20.7. The Morgan fingerprint density at radius 3 is 2.37 bits per heavy atom. The van der Waals surface area contributed by atoms with Gasteiger partial charge in [0.25, 0.3) is 0 Å². The molecule has 4 heteroatoms. The van der Waals surface area contributed by atoms with Gasteiger partial charge in [-0.3, -0.25) is 0 Å². The van der Waals surface area contributed by atoms with Crippen LogP contribution >= 0.6 is 0 Å². The van der Waals surface area contributed by atoms with Crippen molar-refractivity contribution < 1.29 is 19.1 Å². The number of esters is 2. The Bertz CT molecular complexity index is 919. The molecule has 0 radical (unpaired) electrons. The van der Waals surface area contributed by atoms with Gasteiger partial charge in [0.05, 0.1) is 5.56 Å². The van der Waals surface area contributed by atoms with E-state index in [0.29, 0.717) is 29.1 Å².